The second-order valence-corrected chi connectivity index (χ2v) is 6.85. The van der Waals surface area contributed by atoms with Crippen molar-refractivity contribution in [2.45, 2.75) is 39.7 Å². The summed E-state index contributed by atoms with van der Waals surface area (Å²) in [6.07, 6.45) is 2.41. The average Bonchev–Trinajstić information content (AvgIpc) is 2.44. The van der Waals surface area contributed by atoms with Crippen molar-refractivity contribution in [2.24, 2.45) is 0 Å². The molecule has 0 aliphatic carbocycles. The molecule has 0 aliphatic rings. The highest BCUT2D eigenvalue weighted by atomic mass is 32.2. The summed E-state index contributed by atoms with van der Waals surface area (Å²) in [6.45, 7) is 12.6. The minimum Gasteiger partial charge on any atom is -0.748 e. The van der Waals surface area contributed by atoms with Crippen LogP contribution in [0.1, 0.15) is 33.6 Å². The third-order valence-electron chi connectivity index (χ3n) is 4.25. The van der Waals surface area contributed by atoms with E-state index in [1.807, 2.05) is 6.92 Å². The van der Waals surface area contributed by atoms with E-state index in [1.165, 1.54) is 6.08 Å². The summed E-state index contributed by atoms with van der Waals surface area (Å²) < 4.78 is 33.1. The first-order valence-corrected chi connectivity index (χ1v) is 8.98. The van der Waals surface area contributed by atoms with E-state index in [1.54, 1.807) is 0 Å². The van der Waals surface area contributed by atoms with Gasteiger partial charge in [0.2, 0.25) is 5.91 Å². The van der Waals surface area contributed by atoms with E-state index in [0.717, 1.165) is 30.5 Å². The van der Waals surface area contributed by atoms with Crippen LogP contribution in [0.4, 0.5) is 0 Å². The van der Waals surface area contributed by atoms with Gasteiger partial charge < -0.3 is 14.4 Å². The smallest absolute Gasteiger partial charge is 0.243 e. The maximum absolute atomic E-state index is 11.1. The van der Waals surface area contributed by atoms with Gasteiger partial charge in [0.15, 0.2) is 0 Å². The van der Waals surface area contributed by atoms with Crippen LogP contribution in [0.2, 0.25) is 0 Å². The SMILES string of the molecule is C=CC(=O)NCCC[N+](CC)(CC)C(C)CCS(=O)(=O)[O-]. The fraction of sp³-hybridized carbons (Fsp3) is 0.786. The summed E-state index contributed by atoms with van der Waals surface area (Å²) in [5.41, 5.74) is 0. The van der Waals surface area contributed by atoms with Gasteiger partial charge in [0.05, 0.1) is 35.8 Å². The van der Waals surface area contributed by atoms with E-state index >= 15 is 0 Å². The lowest BCUT2D eigenvalue weighted by atomic mass is 10.1. The molecule has 0 aromatic carbocycles. The molecule has 0 saturated carbocycles. The second kappa shape index (κ2) is 9.17. The molecule has 0 aromatic heterocycles. The summed E-state index contributed by atoms with van der Waals surface area (Å²) >= 11 is 0. The molecule has 1 amide bonds. The molecule has 7 heteroatoms. The van der Waals surface area contributed by atoms with Gasteiger partial charge in [-0.05, 0) is 26.8 Å². The predicted octanol–water partition coefficient (Wildman–Crippen LogP) is 0.859. The molecule has 0 aromatic rings. The summed E-state index contributed by atoms with van der Waals surface area (Å²) in [4.78, 5) is 11.1. The standard InChI is InChI=1S/C14H28N2O4S/c1-5-14(17)15-10-8-11-16(6-2,7-3)13(4)9-12-21(18,19)20/h5,13H,1,6-12H2,2-4H3,(H-,15,17,18,19,20). The van der Waals surface area contributed by atoms with Gasteiger partial charge in [-0.3, -0.25) is 4.79 Å². The van der Waals surface area contributed by atoms with Crippen molar-refractivity contribution >= 4 is 16.0 Å². The van der Waals surface area contributed by atoms with Crippen molar-refractivity contribution < 1.29 is 22.2 Å². The number of nitrogens with zero attached hydrogens (tertiary/aromatic N) is 1. The molecular formula is C14H28N2O4S. The molecule has 0 saturated heterocycles. The topological polar surface area (TPSA) is 86.3 Å². The van der Waals surface area contributed by atoms with Gasteiger partial charge in [0.25, 0.3) is 0 Å². The maximum atomic E-state index is 11.1. The number of quaternary nitrogens is 1. The van der Waals surface area contributed by atoms with Crippen LogP contribution in [0.15, 0.2) is 12.7 Å². The molecule has 124 valence electrons. The average molecular weight is 320 g/mol. The van der Waals surface area contributed by atoms with Gasteiger partial charge in [0.1, 0.15) is 0 Å². The highest BCUT2D eigenvalue weighted by molar-refractivity contribution is 7.85. The van der Waals surface area contributed by atoms with Crippen molar-refractivity contribution in [3.8, 4) is 0 Å². The minimum absolute atomic E-state index is 0.0961. The van der Waals surface area contributed by atoms with E-state index in [4.69, 9.17) is 0 Å². The lowest BCUT2D eigenvalue weighted by Crippen LogP contribution is -2.55. The number of hydrogen-bond acceptors (Lipinski definition) is 4. The predicted molar refractivity (Wildman–Crippen MR) is 82.7 cm³/mol. The summed E-state index contributed by atoms with van der Waals surface area (Å²) in [7, 11) is -4.16. The zero-order valence-electron chi connectivity index (χ0n) is 13.3. The van der Waals surface area contributed by atoms with Crippen LogP contribution < -0.4 is 5.32 Å². The Bertz CT molecular complexity index is 430. The zero-order valence-corrected chi connectivity index (χ0v) is 14.1. The van der Waals surface area contributed by atoms with Crippen LogP contribution >= 0.6 is 0 Å². The van der Waals surface area contributed by atoms with E-state index in [0.29, 0.717) is 13.0 Å². The van der Waals surface area contributed by atoms with Gasteiger partial charge in [-0.15, -0.1) is 0 Å². The normalized spacial score (nSPS) is 13.7. The number of carbonyl (C=O) groups is 1. The fourth-order valence-electron chi connectivity index (χ4n) is 2.65. The minimum atomic E-state index is -4.16. The van der Waals surface area contributed by atoms with Crippen LogP contribution in [0, 0.1) is 0 Å². The Balaban J connectivity index is 4.52. The zero-order chi connectivity index (χ0) is 16.5. The van der Waals surface area contributed by atoms with Gasteiger partial charge in [-0.25, -0.2) is 8.42 Å². The number of rotatable bonds is 11. The van der Waals surface area contributed by atoms with Crippen molar-refractivity contribution in [3.63, 3.8) is 0 Å². The Morgan fingerprint density at radius 3 is 2.38 bits per heavy atom. The lowest BCUT2D eigenvalue weighted by Gasteiger charge is -2.42. The molecule has 0 heterocycles. The monoisotopic (exact) mass is 320 g/mol. The Hall–Kier alpha value is -0.920. The van der Waals surface area contributed by atoms with Crippen LogP contribution in [0.3, 0.4) is 0 Å². The van der Waals surface area contributed by atoms with Gasteiger partial charge in [-0.2, -0.15) is 0 Å². The molecule has 21 heavy (non-hydrogen) atoms. The van der Waals surface area contributed by atoms with E-state index in [9.17, 15) is 17.8 Å². The first kappa shape index (κ1) is 20.1. The van der Waals surface area contributed by atoms with E-state index in [2.05, 4.69) is 25.7 Å². The molecule has 0 spiro atoms. The molecule has 0 aliphatic heterocycles. The van der Waals surface area contributed by atoms with Crippen LogP contribution in [0.5, 0.6) is 0 Å². The van der Waals surface area contributed by atoms with Crippen LogP contribution in [0.25, 0.3) is 0 Å². The van der Waals surface area contributed by atoms with Gasteiger partial charge in [-0.1, -0.05) is 6.58 Å². The largest absolute Gasteiger partial charge is 0.748 e. The van der Waals surface area contributed by atoms with Crippen molar-refractivity contribution in [1.82, 2.24) is 5.32 Å². The van der Waals surface area contributed by atoms with Crippen LogP contribution in [-0.4, -0.2) is 61.3 Å². The molecule has 0 radical (unpaired) electrons. The Morgan fingerprint density at radius 2 is 1.95 bits per heavy atom. The first-order chi connectivity index (χ1) is 9.70. The lowest BCUT2D eigenvalue weighted by molar-refractivity contribution is -0.946. The molecule has 0 rings (SSSR count). The number of hydrogen-bond donors (Lipinski definition) is 1. The molecule has 0 bridgehead atoms. The second-order valence-electron chi connectivity index (χ2n) is 5.32. The number of carbonyl (C=O) groups excluding carboxylic acids is 1. The quantitative estimate of drug-likeness (QED) is 0.265. The molecule has 1 N–H and O–H groups in total. The molecule has 1 unspecified atom stereocenters. The molecule has 0 fully saturated rings. The number of amides is 1. The third kappa shape index (κ3) is 7.59. The molecular weight excluding hydrogens is 292 g/mol. The van der Waals surface area contributed by atoms with Crippen molar-refractivity contribution in [2.75, 3.05) is 31.9 Å². The van der Waals surface area contributed by atoms with Gasteiger partial charge in [0, 0.05) is 25.1 Å². The molecule has 1 atom stereocenters. The van der Waals surface area contributed by atoms with Crippen LogP contribution in [-0.2, 0) is 14.9 Å². The third-order valence-corrected chi connectivity index (χ3v) is 4.98. The maximum Gasteiger partial charge on any atom is 0.243 e. The van der Waals surface area contributed by atoms with Crippen molar-refractivity contribution in [3.05, 3.63) is 12.7 Å². The summed E-state index contributed by atoms with van der Waals surface area (Å²) in [6, 6.07) is 0.0961. The highest BCUT2D eigenvalue weighted by Crippen LogP contribution is 2.18. The highest BCUT2D eigenvalue weighted by Gasteiger charge is 2.30. The Morgan fingerprint density at radius 1 is 1.38 bits per heavy atom. The number of nitrogens with one attached hydrogen (secondary N) is 1. The van der Waals surface area contributed by atoms with Crippen molar-refractivity contribution in [1.29, 1.82) is 0 Å². The summed E-state index contributed by atoms with van der Waals surface area (Å²) in [5.74, 6) is -0.506. The molecule has 6 nitrogen and oxygen atoms in total. The van der Waals surface area contributed by atoms with E-state index < -0.39 is 10.1 Å². The first-order valence-electron chi connectivity index (χ1n) is 7.40. The fourth-order valence-corrected chi connectivity index (χ4v) is 3.28. The Labute approximate surface area is 128 Å². The van der Waals surface area contributed by atoms with E-state index in [-0.39, 0.29) is 17.7 Å². The van der Waals surface area contributed by atoms with Gasteiger partial charge >= 0.3 is 0 Å². The summed E-state index contributed by atoms with van der Waals surface area (Å²) in [5, 5.41) is 2.74. The Kier molecular flexibility index (Phi) is 8.77.